The lowest BCUT2D eigenvalue weighted by Crippen LogP contribution is -2.45. The molecular weight excluding hydrogens is 298 g/mol. The molecule has 23 heavy (non-hydrogen) atoms. The molecule has 7 heteroatoms. The number of aryl methyl sites for hydroxylation is 2. The highest BCUT2D eigenvalue weighted by atomic mass is 16.5. The smallest absolute Gasteiger partial charge is 0.407 e. The van der Waals surface area contributed by atoms with Crippen molar-refractivity contribution >= 4 is 23.4 Å². The Morgan fingerprint density at radius 3 is 2.65 bits per heavy atom. The van der Waals surface area contributed by atoms with Crippen LogP contribution in [0.5, 0.6) is 0 Å². The second-order valence-corrected chi connectivity index (χ2v) is 5.45. The minimum absolute atomic E-state index is 0.00526. The van der Waals surface area contributed by atoms with E-state index < -0.39 is 18.1 Å². The number of nitrogens with two attached hydrogens (primary N) is 1. The van der Waals surface area contributed by atoms with Crippen LogP contribution in [0, 0.1) is 13.8 Å². The fourth-order valence-electron chi connectivity index (χ4n) is 2.03. The number of rotatable bonds is 8. The largest absolute Gasteiger partial charge is 0.480 e. The van der Waals surface area contributed by atoms with Crippen LogP contribution in [0.1, 0.15) is 30.9 Å². The van der Waals surface area contributed by atoms with E-state index in [1.54, 1.807) is 0 Å². The van der Waals surface area contributed by atoms with Crippen LogP contribution in [0.15, 0.2) is 12.1 Å². The Bertz CT molecular complexity index is 561. The Hall–Kier alpha value is -2.44. The van der Waals surface area contributed by atoms with E-state index in [-0.39, 0.29) is 13.2 Å². The van der Waals surface area contributed by atoms with Gasteiger partial charge in [-0.3, -0.25) is 0 Å². The van der Waals surface area contributed by atoms with Gasteiger partial charge in [-0.25, -0.2) is 9.59 Å². The molecule has 1 aromatic rings. The van der Waals surface area contributed by atoms with Crippen molar-refractivity contribution in [1.29, 1.82) is 0 Å². The molecular formula is C16H25N3O4. The number of benzene rings is 1. The van der Waals surface area contributed by atoms with Gasteiger partial charge in [0.1, 0.15) is 6.04 Å². The van der Waals surface area contributed by atoms with Gasteiger partial charge in [-0.2, -0.15) is 0 Å². The molecule has 1 amide bonds. The molecule has 0 radical (unpaired) electrons. The molecule has 1 aromatic carbocycles. The van der Waals surface area contributed by atoms with Gasteiger partial charge in [0.15, 0.2) is 0 Å². The molecule has 1 rings (SSSR count). The van der Waals surface area contributed by atoms with E-state index in [0.29, 0.717) is 11.4 Å². The number of unbranched alkanes of at least 4 members (excludes halogenated alkanes) is 1. The standard InChI is InChI=1S/C16H25N3O4/c1-4-5-6-23-16(22)19-13(15(20)21)9-18-12-8-10(2)7-11(3)14(12)17/h7-8,13,18H,4-6,9,17H2,1-3H3,(H,19,22)(H,20,21). The number of nitrogens with one attached hydrogen (secondary N) is 2. The molecule has 0 saturated carbocycles. The maximum atomic E-state index is 11.6. The van der Waals surface area contributed by atoms with Crippen molar-refractivity contribution in [3.63, 3.8) is 0 Å². The molecule has 7 nitrogen and oxygen atoms in total. The van der Waals surface area contributed by atoms with E-state index in [4.69, 9.17) is 10.5 Å². The van der Waals surface area contributed by atoms with Crippen LogP contribution in [-0.4, -0.2) is 36.4 Å². The third-order valence-electron chi connectivity index (χ3n) is 3.35. The van der Waals surface area contributed by atoms with E-state index in [1.807, 2.05) is 32.9 Å². The SMILES string of the molecule is CCCCOC(=O)NC(CNc1cc(C)cc(C)c1N)C(=O)O. The van der Waals surface area contributed by atoms with Crippen molar-refractivity contribution in [3.05, 3.63) is 23.3 Å². The molecule has 0 aromatic heterocycles. The molecule has 0 fully saturated rings. The first kappa shape index (κ1) is 18.6. The lowest BCUT2D eigenvalue weighted by atomic mass is 10.1. The number of alkyl carbamates (subject to hydrolysis) is 1. The average molecular weight is 323 g/mol. The van der Waals surface area contributed by atoms with Gasteiger partial charge >= 0.3 is 12.1 Å². The van der Waals surface area contributed by atoms with Crippen LogP contribution in [0.25, 0.3) is 0 Å². The molecule has 5 N–H and O–H groups in total. The summed E-state index contributed by atoms with van der Waals surface area (Å²) in [7, 11) is 0. The molecule has 1 atom stereocenters. The Balaban J connectivity index is 2.64. The van der Waals surface area contributed by atoms with Crippen LogP contribution in [-0.2, 0) is 9.53 Å². The van der Waals surface area contributed by atoms with E-state index >= 15 is 0 Å². The Labute approximate surface area is 136 Å². The van der Waals surface area contributed by atoms with Crippen molar-refractivity contribution < 1.29 is 19.4 Å². The van der Waals surface area contributed by atoms with Crippen LogP contribution in [0.2, 0.25) is 0 Å². The summed E-state index contributed by atoms with van der Waals surface area (Å²) in [4.78, 5) is 22.8. The first-order valence-corrected chi connectivity index (χ1v) is 7.61. The minimum atomic E-state index is -1.15. The summed E-state index contributed by atoms with van der Waals surface area (Å²) in [5.41, 5.74) is 9.10. The number of hydrogen-bond donors (Lipinski definition) is 4. The van der Waals surface area contributed by atoms with Gasteiger partial charge in [0.05, 0.1) is 18.0 Å². The highest BCUT2D eigenvalue weighted by Gasteiger charge is 2.21. The van der Waals surface area contributed by atoms with Gasteiger partial charge in [-0.05, 0) is 37.5 Å². The summed E-state index contributed by atoms with van der Waals surface area (Å²) < 4.78 is 4.91. The average Bonchev–Trinajstić information content (AvgIpc) is 2.47. The second-order valence-electron chi connectivity index (χ2n) is 5.45. The maximum absolute atomic E-state index is 11.6. The lowest BCUT2D eigenvalue weighted by molar-refractivity contribution is -0.138. The van der Waals surface area contributed by atoms with E-state index in [1.165, 1.54) is 0 Å². The van der Waals surface area contributed by atoms with Crippen LogP contribution < -0.4 is 16.4 Å². The van der Waals surface area contributed by atoms with Gasteiger partial charge in [-0.1, -0.05) is 19.4 Å². The molecule has 0 aliphatic heterocycles. The number of aliphatic carboxylic acids is 1. The van der Waals surface area contributed by atoms with E-state index in [0.717, 1.165) is 24.0 Å². The highest BCUT2D eigenvalue weighted by Crippen LogP contribution is 2.24. The third-order valence-corrected chi connectivity index (χ3v) is 3.35. The molecule has 0 spiro atoms. The van der Waals surface area contributed by atoms with Crippen molar-refractivity contribution in [1.82, 2.24) is 5.32 Å². The first-order chi connectivity index (χ1) is 10.8. The van der Waals surface area contributed by atoms with Crippen molar-refractivity contribution in [3.8, 4) is 0 Å². The van der Waals surface area contributed by atoms with E-state index in [2.05, 4.69) is 10.6 Å². The zero-order valence-electron chi connectivity index (χ0n) is 13.8. The Morgan fingerprint density at radius 2 is 2.04 bits per heavy atom. The molecule has 0 saturated heterocycles. The van der Waals surface area contributed by atoms with Gasteiger partial charge in [0.2, 0.25) is 0 Å². The van der Waals surface area contributed by atoms with Crippen LogP contribution >= 0.6 is 0 Å². The quantitative estimate of drug-likeness (QED) is 0.431. The summed E-state index contributed by atoms with van der Waals surface area (Å²) in [5.74, 6) is -1.15. The zero-order chi connectivity index (χ0) is 17.4. The topological polar surface area (TPSA) is 114 Å². The number of carbonyl (C=O) groups excluding carboxylic acids is 1. The van der Waals surface area contributed by atoms with Crippen LogP contribution in [0.4, 0.5) is 16.2 Å². The number of ether oxygens (including phenoxy) is 1. The summed E-state index contributed by atoms with van der Waals surface area (Å²) in [5, 5.41) is 14.5. The van der Waals surface area contributed by atoms with Gasteiger partial charge in [0.25, 0.3) is 0 Å². The molecule has 0 aliphatic carbocycles. The predicted octanol–water partition coefficient (Wildman–Crippen LogP) is 2.28. The molecule has 0 aliphatic rings. The Kier molecular flexibility index (Phi) is 7.18. The van der Waals surface area contributed by atoms with Crippen molar-refractivity contribution in [2.75, 3.05) is 24.2 Å². The third kappa shape index (κ3) is 6.06. The van der Waals surface area contributed by atoms with Gasteiger partial charge < -0.3 is 26.2 Å². The number of nitrogen functional groups attached to an aromatic ring is 1. The summed E-state index contributed by atoms with van der Waals surface area (Å²) in [6.07, 6.45) is 0.896. The van der Waals surface area contributed by atoms with Crippen molar-refractivity contribution in [2.24, 2.45) is 0 Å². The number of carboxylic acids is 1. The van der Waals surface area contributed by atoms with Gasteiger partial charge in [0, 0.05) is 6.54 Å². The number of carboxylic acid groups (broad SMARTS) is 1. The Morgan fingerprint density at radius 1 is 1.35 bits per heavy atom. The van der Waals surface area contributed by atoms with Crippen molar-refractivity contribution in [2.45, 2.75) is 39.7 Å². The monoisotopic (exact) mass is 323 g/mol. The molecule has 128 valence electrons. The molecule has 0 heterocycles. The number of anilines is 2. The number of carbonyl (C=O) groups is 2. The lowest BCUT2D eigenvalue weighted by Gasteiger charge is -2.18. The number of hydrogen-bond acceptors (Lipinski definition) is 5. The normalized spacial score (nSPS) is 11.6. The fraction of sp³-hybridized carbons (Fsp3) is 0.500. The zero-order valence-corrected chi connectivity index (χ0v) is 13.8. The predicted molar refractivity (Wildman–Crippen MR) is 89.6 cm³/mol. The minimum Gasteiger partial charge on any atom is -0.480 e. The number of amides is 1. The van der Waals surface area contributed by atoms with Crippen LogP contribution in [0.3, 0.4) is 0 Å². The molecule has 1 unspecified atom stereocenters. The highest BCUT2D eigenvalue weighted by molar-refractivity contribution is 5.81. The summed E-state index contributed by atoms with van der Waals surface area (Å²) >= 11 is 0. The summed E-state index contributed by atoms with van der Waals surface area (Å²) in [6, 6.07) is 2.67. The fourth-order valence-corrected chi connectivity index (χ4v) is 2.03. The second kappa shape index (κ2) is 8.87. The van der Waals surface area contributed by atoms with E-state index in [9.17, 15) is 14.7 Å². The molecule has 0 bridgehead atoms. The first-order valence-electron chi connectivity index (χ1n) is 7.61. The van der Waals surface area contributed by atoms with Gasteiger partial charge in [-0.15, -0.1) is 0 Å². The summed E-state index contributed by atoms with van der Waals surface area (Å²) in [6.45, 7) is 6.05. The maximum Gasteiger partial charge on any atom is 0.407 e.